The fraction of sp³-hybridized carbons (Fsp3) is 0.312. The minimum Gasteiger partial charge on any atom is -0.367 e. The largest absolute Gasteiger partial charge is 0.433 e. The number of nitrogens with one attached hydrogen (secondary N) is 1. The number of hydrogen-bond acceptors (Lipinski definition) is 4. The number of fused-ring (bicyclic) bond motifs is 1. The van der Waals surface area contributed by atoms with Gasteiger partial charge in [0.05, 0.1) is 10.4 Å². The van der Waals surface area contributed by atoms with E-state index in [-0.39, 0.29) is 22.5 Å². The summed E-state index contributed by atoms with van der Waals surface area (Å²) in [5.41, 5.74) is -2.05. The number of halogens is 4. The van der Waals surface area contributed by atoms with Crippen molar-refractivity contribution in [1.82, 2.24) is 14.5 Å². The lowest BCUT2D eigenvalue weighted by atomic mass is 9.93. The Labute approximate surface area is 145 Å². The molecule has 0 atom stereocenters. The Balaban J connectivity index is 2.25. The normalized spacial score (nSPS) is 15.9. The molecule has 0 bridgehead atoms. The van der Waals surface area contributed by atoms with Crippen LogP contribution in [0.2, 0.25) is 0 Å². The third kappa shape index (κ3) is 3.53. The summed E-state index contributed by atoms with van der Waals surface area (Å²) in [5, 5.41) is 3.48. The van der Waals surface area contributed by atoms with Crippen molar-refractivity contribution in [3.63, 3.8) is 0 Å². The summed E-state index contributed by atoms with van der Waals surface area (Å²) in [6.45, 7) is 3.45. The van der Waals surface area contributed by atoms with Crippen LogP contribution >= 0.6 is 11.6 Å². The molecule has 0 saturated heterocycles. The Kier molecular flexibility index (Phi) is 4.55. The number of pyridine rings is 1. The fourth-order valence-electron chi connectivity index (χ4n) is 2.42. The van der Waals surface area contributed by atoms with Gasteiger partial charge in [0.1, 0.15) is 11.5 Å². The van der Waals surface area contributed by atoms with Crippen LogP contribution < -0.4 is 11.0 Å². The number of allylic oxidation sites excluding steroid dienone is 2. The van der Waals surface area contributed by atoms with E-state index in [0.29, 0.717) is 5.39 Å². The van der Waals surface area contributed by atoms with Crippen molar-refractivity contribution in [2.45, 2.75) is 31.5 Å². The molecule has 5 nitrogen and oxygen atoms in total. The molecule has 0 aromatic carbocycles. The van der Waals surface area contributed by atoms with Gasteiger partial charge in [-0.3, -0.25) is 0 Å². The molecule has 1 aliphatic carbocycles. The summed E-state index contributed by atoms with van der Waals surface area (Å²) < 4.78 is 39.9. The molecule has 0 radical (unpaired) electrons. The monoisotopic (exact) mass is 370 g/mol. The summed E-state index contributed by atoms with van der Waals surface area (Å²) in [6.07, 6.45) is 0.665. The molecule has 0 amide bonds. The molecule has 0 aliphatic heterocycles. The molecular weight excluding hydrogens is 357 g/mol. The van der Waals surface area contributed by atoms with Crippen LogP contribution in [0, 0.1) is 0 Å². The molecule has 0 spiro atoms. The van der Waals surface area contributed by atoms with E-state index in [1.807, 2.05) is 0 Å². The van der Waals surface area contributed by atoms with E-state index in [4.69, 9.17) is 11.6 Å². The van der Waals surface area contributed by atoms with Gasteiger partial charge in [-0.25, -0.2) is 14.3 Å². The lowest BCUT2D eigenvalue weighted by molar-refractivity contribution is -0.141. The Morgan fingerprint density at radius 1 is 1.36 bits per heavy atom. The summed E-state index contributed by atoms with van der Waals surface area (Å²) in [7, 11) is 0. The number of anilines is 1. The van der Waals surface area contributed by atoms with Crippen molar-refractivity contribution < 1.29 is 13.2 Å². The van der Waals surface area contributed by atoms with Gasteiger partial charge in [0.15, 0.2) is 5.65 Å². The summed E-state index contributed by atoms with van der Waals surface area (Å²) >= 11 is 5.85. The van der Waals surface area contributed by atoms with Gasteiger partial charge in [-0.1, -0.05) is 18.2 Å². The van der Waals surface area contributed by atoms with Gasteiger partial charge in [0.25, 0.3) is 0 Å². The predicted molar refractivity (Wildman–Crippen MR) is 90.4 cm³/mol. The second kappa shape index (κ2) is 6.51. The first-order chi connectivity index (χ1) is 11.8. The van der Waals surface area contributed by atoms with Crippen LogP contribution in [0.15, 0.2) is 34.6 Å². The highest BCUT2D eigenvalue weighted by Gasteiger charge is 2.33. The molecular formula is C16H14ClF3N4O. The lowest BCUT2D eigenvalue weighted by Crippen LogP contribution is -2.30. The van der Waals surface area contributed by atoms with Gasteiger partial charge < -0.3 is 5.32 Å². The highest BCUT2D eigenvalue weighted by atomic mass is 35.5. The molecule has 2 heterocycles. The molecule has 1 N–H and O–H groups in total. The predicted octanol–water partition coefficient (Wildman–Crippen LogP) is 4.00. The maximum absolute atomic E-state index is 13.0. The van der Waals surface area contributed by atoms with Crippen molar-refractivity contribution in [2.75, 3.05) is 5.32 Å². The van der Waals surface area contributed by atoms with Crippen LogP contribution in [0.4, 0.5) is 19.0 Å². The van der Waals surface area contributed by atoms with Gasteiger partial charge in [0.2, 0.25) is 0 Å². The molecule has 1 saturated carbocycles. The van der Waals surface area contributed by atoms with E-state index >= 15 is 0 Å². The number of alkyl halides is 3. The molecule has 3 rings (SSSR count). The van der Waals surface area contributed by atoms with E-state index in [1.165, 1.54) is 12.1 Å². The molecule has 2 aromatic heterocycles. The molecule has 1 aliphatic rings. The van der Waals surface area contributed by atoms with Crippen molar-refractivity contribution in [1.29, 1.82) is 0 Å². The van der Waals surface area contributed by atoms with Crippen molar-refractivity contribution in [3.8, 4) is 0 Å². The van der Waals surface area contributed by atoms with Crippen LogP contribution in [0.25, 0.3) is 17.2 Å². The van der Waals surface area contributed by atoms with E-state index in [1.54, 1.807) is 0 Å². The highest BCUT2D eigenvalue weighted by molar-refractivity contribution is 6.32. The van der Waals surface area contributed by atoms with Gasteiger partial charge >= 0.3 is 11.9 Å². The van der Waals surface area contributed by atoms with Crippen LogP contribution in [0.5, 0.6) is 0 Å². The molecule has 25 heavy (non-hydrogen) atoms. The van der Waals surface area contributed by atoms with Gasteiger partial charge in [-0.2, -0.15) is 18.2 Å². The number of rotatable bonds is 4. The zero-order chi connectivity index (χ0) is 18.2. The zero-order valence-electron chi connectivity index (χ0n) is 13.0. The number of nitrogens with zero attached hydrogens (tertiary/aromatic N) is 3. The topological polar surface area (TPSA) is 59.8 Å². The number of hydrogen-bond donors (Lipinski definition) is 1. The smallest absolute Gasteiger partial charge is 0.367 e. The Morgan fingerprint density at radius 3 is 2.64 bits per heavy atom. The summed E-state index contributed by atoms with van der Waals surface area (Å²) in [6, 6.07) is 2.27. The fourth-order valence-corrected chi connectivity index (χ4v) is 2.52. The molecule has 0 unspecified atom stereocenters. The van der Waals surface area contributed by atoms with Gasteiger partial charge in [-0.15, -0.1) is 0 Å². The third-order valence-electron chi connectivity index (χ3n) is 3.96. The first-order valence-electron chi connectivity index (χ1n) is 7.56. The lowest BCUT2D eigenvalue weighted by Gasteiger charge is -2.27. The van der Waals surface area contributed by atoms with Crippen LogP contribution in [0.1, 0.15) is 25.0 Å². The first-order valence-corrected chi connectivity index (χ1v) is 7.94. The summed E-state index contributed by atoms with van der Waals surface area (Å²) in [4.78, 5) is 19.9. The quantitative estimate of drug-likeness (QED) is 0.826. The Bertz CT molecular complexity index is 916. The third-order valence-corrected chi connectivity index (χ3v) is 4.21. The molecule has 132 valence electrons. The Hall–Kier alpha value is -2.35. The minimum atomic E-state index is -4.63. The highest BCUT2D eigenvalue weighted by Crippen LogP contribution is 2.31. The molecule has 2 aromatic rings. The van der Waals surface area contributed by atoms with Crippen molar-refractivity contribution >= 4 is 34.7 Å². The van der Waals surface area contributed by atoms with Crippen LogP contribution in [-0.4, -0.2) is 20.6 Å². The second-order valence-electron chi connectivity index (χ2n) is 5.67. The standard InChI is InChI=1S/C16H14ClF3N4O/c1-2-9(17)8-24-14-11(6-7-12(22-14)16(18,19)20)13(23-15(24)25)21-10-4-3-5-10/h2,6-8,10H,1,3-5H2,(H,21,23,25)/b9-8-. The van der Waals surface area contributed by atoms with Crippen LogP contribution in [0.3, 0.4) is 0 Å². The maximum Gasteiger partial charge on any atom is 0.433 e. The van der Waals surface area contributed by atoms with Gasteiger partial charge in [-0.05, 0) is 37.5 Å². The average molecular weight is 371 g/mol. The minimum absolute atomic E-state index is 0.0733. The van der Waals surface area contributed by atoms with E-state index < -0.39 is 17.6 Å². The number of aromatic nitrogens is 3. The first kappa shape index (κ1) is 17.5. The Morgan fingerprint density at radius 2 is 2.08 bits per heavy atom. The van der Waals surface area contributed by atoms with E-state index in [0.717, 1.165) is 36.1 Å². The van der Waals surface area contributed by atoms with Gasteiger partial charge in [0, 0.05) is 12.2 Å². The van der Waals surface area contributed by atoms with E-state index in [2.05, 4.69) is 21.9 Å². The van der Waals surface area contributed by atoms with E-state index in [9.17, 15) is 18.0 Å². The van der Waals surface area contributed by atoms with Crippen molar-refractivity contribution in [3.05, 3.63) is 46.0 Å². The maximum atomic E-state index is 13.0. The molecule has 1 fully saturated rings. The zero-order valence-corrected chi connectivity index (χ0v) is 13.7. The SMILES string of the molecule is C=C/C(Cl)=C/n1c(=O)nc(NC2CCC2)c2ccc(C(F)(F)F)nc21. The second-order valence-corrected chi connectivity index (χ2v) is 6.11. The molecule has 9 heteroatoms. The van der Waals surface area contributed by atoms with Crippen LogP contribution in [-0.2, 0) is 6.18 Å². The van der Waals surface area contributed by atoms with Crippen molar-refractivity contribution in [2.24, 2.45) is 0 Å². The summed E-state index contributed by atoms with van der Waals surface area (Å²) in [5.74, 6) is 0.227. The average Bonchev–Trinajstić information content (AvgIpc) is 2.52.